The molecule has 6 heteroatoms. The van der Waals surface area contributed by atoms with E-state index in [0.29, 0.717) is 5.91 Å². The summed E-state index contributed by atoms with van der Waals surface area (Å²) in [5.74, 6) is 1.27. The van der Waals surface area contributed by atoms with E-state index in [-0.39, 0.29) is 12.0 Å². The lowest BCUT2D eigenvalue weighted by Gasteiger charge is -2.36. The van der Waals surface area contributed by atoms with Gasteiger partial charge >= 0.3 is 0 Å². The second kappa shape index (κ2) is 6.89. The third kappa shape index (κ3) is 3.02. The van der Waals surface area contributed by atoms with Crippen molar-refractivity contribution in [2.75, 3.05) is 24.5 Å². The molecular formula is C18H22N4OS. The Hall–Kier alpha value is -1.95. The smallest absolute Gasteiger partial charge is 0.227 e. The van der Waals surface area contributed by atoms with Gasteiger partial charge in [-0.15, -0.1) is 0 Å². The highest BCUT2D eigenvalue weighted by atomic mass is 32.1. The number of likely N-dealkylation sites (tertiary alicyclic amines) is 1. The molecule has 1 amide bonds. The van der Waals surface area contributed by atoms with Crippen LogP contribution in [0.15, 0.2) is 35.4 Å². The van der Waals surface area contributed by atoms with Crippen molar-refractivity contribution in [1.82, 2.24) is 14.9 Å². The predicted octanol–water partition coefficient (Wildman–Crippen LogP) is 3.12. The molecule has 2 aliphatic heterocycles. The van der Waals surface area contributed by atoms with Crippen LogP contribution >= 0.6 is 11.3 Å². The Balaban J connectivity index is 1.47. The molecule has 0 aromatic carbocycles. The van der Waals surface area contributed by atoms with Crippen LogP contribution in [-0.4, -0.2) is 40.4 Å². The first kappa shape index (κ1) is 15.6. The molecule has 126 valence electrons. The summed E-state index contributed by atoms with van der Waals surface area (Å²) in [7, 11) is 0. The molecule has 0 N–H and O–H groups in total. The van der Waals surface area contributed by atoms with Crippen LogP contribution in [0.2, 0.25) is 0 Å². The van der Waals surface area contributed by atoms with Crippen LogP contribution in [0.4, 0.5) is 5.82 Å². The fraction of sp³-hybridized carbons (Fsp3) is 0.500. The number of aromatic nitrogens is 2. The van der Waals surface area contributed by atoms with Gasteiger partial charge in [0.05, 0.1) is 18.2 Å². The number of piperidine rings is 1. The molecule has 0 aliphatic carbocycles. The van der Waals surface area contributed by atoms with E-state index in [2.05, 4.69) is 36.6 Å². The molecule has 2 aromatic heterocycles. The molecule has 0 bridgehead atoms. The third-order valence-electron chi connectivity index (χ3n) is 5.11. The Labute approximate surface area is 146 Å². The minimum Gasteiger partial charge on any atom is -0.355 e. The summed E-state index contributed by atoms with van der Waals surface area (Å²) >= 11 is 1.71. The first-order chi connectivity index (χ1) is 11.8. The minimum absolute atomic E-state index is 0.0694. The summed E-state index contributed by atoms with van der Waals surface area (Å²) in [6.07, 6.45) is 9.39. The molecule has 2 unspecified atom stereocenters. The van der Waals surface area contributed by atoms with Gasteiger partial charge in [0.1, 0.15) is 5.82 Å². The number of hydrogen-bond acceptors (Lipinski definition) is 5. The van der Waals surface area contributed by atoms with Gasteiger partial charge in [0.15, 0.2) is 0 Å². The second-order valence-corrected chi connectivity index (χ2v) is 7.38. The van der Waals surface area contributed by atoms with E-state index in [1.54, 1.807) is 29.9 Å². The van der Waals surface area contributed by atoms with Crippen molar-refractivity contribution in [1.29, 1.82) is 0 Å². The van der Waals surface area contributed by atoms with Gasteiger partial charge in [-0.3, -0.25) is 9.78 Å². The first-order valence-electron chi connectivity index (χ1n) is 8.66. The second-order valence-electron chi connectivity index (χ2n) is 6.60. The van der Waals surface area contributed by atoms with Crippen molar-refractivity contribution >= 4 is 23.1 Å². The summed E-state index contributed by atoms with van der Waals surface area (Å²) < 4.78 is 0. The van der Waals surface area contributed by atoms with Crippen molar-refractivity contribution in [3.8, 4) is 0 Å². The fourth-order valence-electron chi connectivity index (χ4n) is 3.92. The van der Waals surface area contributed by atoms with Gasteiger partial charge in [0, 0.05) is 32.0 Å². The largest absolute Gasteiger partial charge is 0.355 e. The molecule has 2 atom stereocenters. The summed E-state index contributed by atoms with van der Waals surface area (Å²) in [6.45, 7) is 2.60. The van der Waals surface area contributed by atoms with Gasteiger partial charge < -0.3 is 9.80 Å². The highest BCUT2D eigenvalue weighted by Gasteiger charge is 2.36. The summed E-state index contributed by atoms with van der Waals surface area (Å²) in [5, 5.41) is 4.29. The van der Waals surface area contributed by atoms with Crippen LogP contribution < -0.4 is 4.90 Å². The number of carbonyl (C=O) groups is 1. The molecule has 24 heavy (non-hydrogen) atoms. The molecule has 2 aliphatic rings. The van der Waals surface area contributed by atoms with E-state index < -0.39 is 0 Å². The van der Waals surface area contributed by atoms with Crippen LogP contribution in [0.1, 0.15) is 37.3 Å². The van der Waals surface area contributed by atoms with Crippen LogP contribution in [0.3, 0.4) is 0 Å². The van der Waals surface area contributed by atoms with E-state index in [1.165, 1.54) is 5.56 Å². The average Bonchev–Trinajstić information content (AvgIpc) is 3.33. The molecule has 5 nitrogen and oxygen atoms in total. The molecule has 0 saturated carbocycles. The molecule has 2 saturated heterocycles. The SMILES string of the molecule is O=C(C1CCCN(c2cnccn2)C1)N1CCCC1c1ccsc1. The zero-order valence-electron chi connectivity index (χ0n) is 13.7. The molecule has 2 fully saturated rings. The number of amides is 1. The Kier molecular flexibility index (Phi) is 4.47. The third-order valence-corrected chi connectivity index (χ3v) is 5.81. The topological polar surface area (TPSA) is 49.3 Å². The molecule has 0 spiro atoms. The van der Waals surface area contributed by atoms with E-state index in [9.17, 15) is 4.79 Å². The van der Waals surface area contributed by atoms with Crippen molar-refractivity contribution in [2.24, 2.45) is 5.92 Å². The fourth-order valence-corrected chi connectivity index (χ4v) is 4.62. The Bertz CT molecular complexity index is 676. The van der Waals surface area contributed by atoms with Gasteiger partial charge in [-0.1, -0.05) is 0 Å². The van der Waals surface area contributed by atoms with E-state index in [0.717, 1.165) is 51.1 Å². The normalized spacial score (nSPS) is 24.3. The molecule has 0 radical (unpaired) electrons. The molecular weight excluding hydrogens is 320 g/mol. The lowest BCUT2D eigenvalue weighted by atomic mass is 9.95. The Morgan fingerprint density at radius 3 is 2.92 bits per heavy atom. The van der Waals surface area contributed by atoms with Crippen LogP contribution in [0.5, 0.6) is 0 Å². The number of nitrogens with zero attached hydrogens (tertiary/aromatic N) is 4. The molecule has 2 aromatic rings. The minimum atomic E-state index is 0.0694. The number of hydrogen-bond donors (Lipinski definition) is 0. The van der Waals surface area contributed by atoms with Gasteiger partial charge in [-0.2, -0.15) is 11.3 Å². The Morgan fingerprint density at radius 2 is 2.12 bits per heavy atom. The van der Waals surface area contributed by atoms with E-state index in [4.69, 9.17) is 0 Å². The quantitative estimate of drug-likeness (QED) is 0.860. The van der Waals surface area contributed by atoms with E-state index in [1.807, 2.05) is 0 Å². The predicted molar refractivity (Wildman–Crippen MR) is 95.0 cm³/mol. The zero-order chi connectivity index (χ0) is 16.4. The summed E-state index contributed by atoms with van der Waals surface area (Å²) in [5.41, 5.74) is 1.30. The summed E-state index contributed by atoms with van der Waals surface area (Å²) in [6, 6.07) is 2.43. The Morgan fingerprint density at radius 1 is 1.21 bits per heavy atom. The highest BCUT2D eigenvalue weighted by molar-refractivity contribution is 7.07. The summed E-state index contributed by atoms with van der Waals surface area (Å²) in [4.78, 5) is 26.0. The van der Waals surface area contributed by atoms with Crippen molar-refractivity contribution < 1.29 is 4.79 Å². The number of rotatable bonds is 3. The number of carbonyl (C=O) groups excluding carboxylic acids is 1. The highest BCUT2D eigenvalue weighted by Crippen LogP contribution is 2.35. The van der Waals surface area contributed by atoms with Crippen LogP contribution in [0, 0.1) is 5.92 Å². The van der Waals surface area contributed by atoms with Crippen molar-refractivity contribution in [3.05, 3.63) is 41.0 Å². The van der Waals surface area contributed by atoms with Crippen molar-refractivity contribution in [3.63, 3.8) is 0 Å². The maximum atomic E-state index is 13.1. The average molecular weight is 342 g/mol. The number of anilines is 1. The molecule has 4 heterocycles. The molecule has 4 rings (SSSR count). The lowest BCUT2D eigenvalue weighted by molar-refractivity contribution is -0.136. The van der Waals surface area contributed by atoms with Gasteiger partial charge in [0.25, 0.3) is 0 Å². The van der Waals surface area contributed by atoms with Gasteiger partial charge in [0.2, 0.25) is 5.91 Å². The van der Waals surface area contributed by atoms with Gasteiger partial charge in [-0.25, -0.2) is 4.98 Å². The standard InChI is InChI=1S/C18H22N4OS/c23-18(22-9-2-4-16(22)15-5-10-24-13-15)14-3-1-8-21(12-14)17-11-19-6-7-20-17/h5-7,10-11,13-14,16H,1-4,8-9,12H2. The monoisotopic (exact) mass is 342 g/mol. The number of thiophene rings is 1. The maximum Gasteiger partial charge on any atom is 0.227 e. The van der Waals surface area contributed by atoms with Crippen LogP contribution in [-0.2, 0) is 4.79 Å². The van der Waals surface area contributed by atoms with E-state index >= 15 is 0 Å². The van der Waals surface area contributed by atoms with Crippen molar-refractivity contribution in [2.45, 2.75) is 31.7 Å². The lowest BCUT2D eigenvalue weighted by Crippen LogP contribution is -2.45. The van der Waals surface area contributed by atoms with Gasteiger partial charge in [-0.05, 0) is 48.1 Å². The maximum absolute atomic E-state index is 13.1. The zero-order valence-corrected chi connectivity index (χ0v) is 14.5. The van der Waals surface area contributed by atoms with Crippen LogP contribution in [0.25, 0.3) is 0 Å². The first-order valence-corrected chi connectivity index (χ1v) is 9.61.